The lowest BCUT2D eigenvalue weighted by Crippen LogP contribution is -2.09. The van der Waals surface area contributed by atoms with Crippen LogP contribution in [0, 0.1) is 0 Å². The van der Waals surface area contributed by atoms with Gasteiger partial charge in [0.05, 0.1) is 12.7 Å². The summed E-state index contributed by atoms with van der Waals surface area (Å²) in [4.78, 5) is 21.0. The summed E-state index contributed by atoms with van der Waals surface area (Å²) in [7, 11) is 0. The van der Waals surface area contributed by atoms with Crippen molar-refractivity contribution in [1.29, 1.82) is 0 Å². The Kier molecular flexibility index (Phi) is 7.91. The first-order valence-electron chi connectivity index (χ1n) is 5.33. The summed E-state index contributed by atoms with van der Waals surface area (Å²) >= 11 is 0. The zero-order valence-electron chi connectivity index (χ0n) is 9.49. The van der Waals surface area contributed by atoms with E-state index in [2.05, 4.69) is 0 Å². The van der Waals surface area contributed by atoms with Gasteiger partial charge in [-0.2, -0.15) is 0 Å². The molecule has 0 radical (unpaired) electrons. The summed E-state index contributed by atoms with van der Waals surface area (Å²) in [6, 6.07) is 0. The van der Waals surface area contributed by atoms with E-state index in [0.29, 0.717) is 32.3 Å². The van der Waals surface area contributed by atoms with Gasteiger partial charge >= 0.3 is 5.97 Å². The molecule has 88 valence electrons. The molecule has 0 bridgehead atoms. The van der Waals surface area contributed by atoms with E-state index in [-0.39, 0.29) is 17.9 Å². The zero-order chi connectivity index (χ0) is 11.7. The lowest BCUT2D eigenvalue weighted by Gasteiger charge is -2.09. The minimum atomic E-state index is -0.389. The second kappa shape index (κ2) is 8.41. The van der Waals surface area contributed by atoms with Crippen LogP contribution in [0.2, 0.25) is 0 Å². The fraction of sp³-hybridized carbons (Fsp3) is 0.818. The normalized spacial score (nSPS) is 12.2. The molecule has 0 aromatic heterocycles. The highest BCUT2D eigenvalue weighted by molar-refractivity contribution is 5.75. The molecule has 0 fully saturated rings. The van der Waals surface area contributed by atoms with Gasteiger partial charge < -0.3 is 14.6 Å². The molecule has 0 aromatic rings. The van der Waals surface area contributed by atoms with Crippen LogP contribution < -0.4 is 0 Å². The fourth-order valence-corrected chi connectivity index (χ4v) is 1.27. The summed E-state index contributed by atoms with van der Waals surface area (Å²) in [5.41, 5.74) is 0. The van der Waals surface area contributed by atoms with Crippen LogP contribution >= 0.6 is 0 Å². The molecule has 0 heterocycles. The molecule has 0 saturated heterocycles. The van der Waals surface area contributed by atoms with Crippen molar-refractivity contribution in [2.45, 2.75) is 52.1 Å². The average molecular weight is 216 g/mol. The molecule has 0 rings (SSSR count). The number of ketones is 1. The molecular weight excluding hydrogens is 196 g/mol. The van der Waals surface area contributed by atoms with Crippen LogP contribution in [0.15, 0.2) is 0 Å². The largest absolute Gasteiger partial charge is 0.466 e. The van der Waals surface area contributed by atoms with Crippen LogP contribution in [0.4, 0.5) is 0 Å². The third kappa shape index (κ3) is 11.0. The highest BCUT2D eigenvalue weighted by Gasteiger charge is 2.05. The Hall–Kier alpha value is -0.900. The summed E-state index contributed by atoms with van der Waals surface area (Å²) in [5, 5.41) is 9.48. The van der Waals surface area contributed by atoms with Crippen LogP contribution in [-0.4, -0.2) is 29.6 Å². The minimum Gasteiger partial charge on any atom is -0.466 e. The molecular formula is C11H20O4. The van der Waals surface area contributed by atoms with Crippen molar-refractivity contribution in [3.63, 3.8) is 0 Å². The molecule has 0 aromatic carbocycles. The monoisotopic (exact) mass is 216 g/mol. The number of carbonyl (C=O) groups excluding carboxylic acids is 2. The van der Waals surface area contributed by atoms with Crippen molar-refractivity contribution in [3.05, 3.63) is 0 Å². The number of hydrogen-bond donors (Lipinski definition) is 1. The molecule has 0 aliphatic carbocycles. The number of esters is 1. The van der Waals surface area contributed by atoms with Crippen molar-refractivity contribution >= 4 is 11.8 Å². The second-order valence-corrected chi connectivity index (χ2v) is 3.73. The lowest BCUT2D eigenvalue weighted by molar-refractivity contribution is -0.141. The van der Waals surface area contributed by atoms with Crippen molar-refractivity contribution in [3.8, 4) is 0 Å². The Balaban J connectivity index is 3.29. The van der Waals surface area contributed by atoms with Gasteiger partial charge in [0.25, 0.3) is 0 Å². The summed E-state index contributed by atoms with van der Waals surface area (Å²) in [6.07, 6.45) is 2.79. The molecule has 4 nitrogen and oxygen atoms in total. The molecule has 15 heavy (non-hydrogen) atoms. The number of aliphatic hydroxyl groups excluding tert-OH is 1. The van der Waals surface area contributed by atoms with Crippen LogP contribution in [-0.2, 0) is 14.3 Å². The maximum Gasteiger partial charge on any atom is 0.302 e. The number of Topliss-reactive ketones (excluding diaryl/α,β-unsaturated/α-hetero) is 1. The lowest BCUT2D eigenvalue weighted by atomic mass is 10.1. The first-order valence-corrected chi connectivity index (χ1v) is 5.33. The smallest absolute Gasteiger partial charge is 0.302 e. The van der Waals surface area contributed by atoms with Gasteiger partial charge in [-0.25, -0.2) is 0 Å². The maximum absolute atomic E-state index is 10.6. The minimum absolute atomic E-state index is 0.155. The van der Waals surface area contributed by atoms with Gasteiger partial charge in [-0.1, -0.05) is 0 Å². The van der Waals surface area contributed by atoms with Gasteiger partial charge in [-0.05, 0) is 32.6 Å². The molecule has 1 N–H and O–H groups in total. The van der Waals surface area contributed by atoms with Crippen molar-refractivity contribution < 1.29 is 19.4 Å². The van der Waals surface area contributed by atoms with Gasteiger partial charge in [0, 0.05) is 13.3 Å². The van der Waals surface area contributed by atoms with Gasteiger partial charge in [0.15, 0.2) is 0 Å². The van der Waals surface area contributed by atoms with E-state index >= 15 is 0 Å². The van der Waals surface area contributed by atoms with Crippen LogP contribution in [0.1, 0.15) is 46.0 Å². The SMILES string of the molecule is CC(=O)CCCC(O)CCCOC(C)=O. The Labute approximate surface area is 90.6 Å². The Morgan fingerprint density at radius 2 is 1.80 bits per heavy atom. The highest BCUT2D eigenvalue weighted by atomic mass is 16.5. The Morgan fingerprint density at radius 3 is 2.33 bits per heavy atom. The van der Waals surface area contributed by atoms with E-state index in [1.165, 1.54) is 6.92 Å². The van der Waals surface area contributed by atoms with Crippen LogP contribution in [0.3, 0.4) is 0 Å². The molecule has 0 aliphatic heterocycles. The molecule has 4 heteroatoms. The summed E-state index contributed by atoms with van der Waals surface area (Å²) < 4.78 is 4.73. The standard InChI is InChI=1S/C11H20O4/c1-9(12)5-3-6-11(14)7-4-8-15-10(2)13/h11,14H,3-8H2,1-2H3. The van der Waals surface area contributed by atoms with Gasteiger partial charge in [0.1, 0.15) is 5.78 Å². The molecule has 0 aliphatic rings. The van der Waals surface area contributed by atoms with E-state index in [0.717, 1.165) is 6.42 Å². The Bertz CT molecular complexity index is 201. The third-order valence-corrected chi connectivity index (χ3v) is 2.05. The second-order valence-electron chi connectivity index (χ2n) is 3.73. The highest BCUT2D eigenvalue weighted by Crippen LogP contribution is 2.07. The van der Waals surface area contributed by atoms with E-state index in [1.807, 2.05) is 0 Å². The van der Waals surface area contributed by atoms with Gasteiger partial charge in [-0.15, -0.1) is 0 Å². The molecule has 1 unspecified atom stereocenters. The summed E-state index contributed by atoms with van der Waals surface area (Å²) in [6.45, 7) is 3.27. The molecule has 0 spiro atoms. The van der Waals surface area contributed by atoms with E-state index in [9.17, 15) is 14.7 Å². The van der Waals surface area contributed by atoms with Crippen molar-refractivity contribution in [1.82, 2.24) is 0 Å². The first-order chi connectivity index (χ1) is 7.02. The van der Waals surface area contributed by atoms with Crippen LogP contribution in [0.5, 0.6) is 0 Å². The zero-order valence-corrected chi connectivity index (χ0v) is 9.49. The first kappa shape index (κ1) is 14.1. The Morgan fingerprint density at radius 1 is 1.20 bits per heavy atom. The number of carbonyl (C=O) groups is 2. The van der Waals surface area contributed by atoms with Crippen LogP contribution in [0.25, 0.3) is 0 Å². The van der Waals surface area contributed by atoms with Crippen molar-refractivity contribution in [2.24, 2.45) is 0 Å². The van der Waals surface area contributed by atoms with Gasteiger partial charge in [0.2, 0.25) is 0 Å². The fourth-order valence-electron chi connectivity index (χ4n) is 1.27. The quantitative estimate of drug-likeness (QED) is 0.492. The predicted molar refractivity (Wildman–Crippen MR) is 56.4 cm³/mol. The van der Waals surface area contributed by atoms with E-state index in [4.69, 9.17) is 4.74 Å². The topological polar surface area (TPSA) is 63.6 Å². The number of hydrogen-bond acceptors (Lipinski definition) is 4. The predicted octanol–water partition coefficient (Wildman–Crippen LogP) is 1.45. The maximum atomic E-state index is 10.6. The number of aliphatic hydroxyl groups is 1. The van der Waals surface area contributed by atoms with Gasteiger partial charge in [-0.3, -0.25) is 4.79 Å². The summed E-state index contributed by atoms with van der Waals surface area (Å²) in [5.74, 6) is -0.136. The van der Waals surface area contributed by atoms with Crippen molar-refractivity contribution in [2.75, 3.05) is 6.61 Å². The average Bonchev–Trinajstić information content (AvgIpc) is 2.11. The third-order valence-electron chi connectivity index (χ3n) is 2.05. The number of rotatable bonds is 8. The molecule has 0 saturated carbocycles. The van der Waals surface area contributed by atoms with E-state index in [1.54, 1.807) is 6.92 Å². The molecule has 0 amide bonds. The molecule has 1 atom stereocenters. The van der Waals surface area contributed by atoms with E-state index < -0.39 is 0 Å². The number of ether oxygens (including phenoxy) is 1.